The molecular weight excluding hydrogens is 442 g/mol. The number of hydrogen-bond acceptors (Lipinski definition) is 6. The number of nitrogens with zero attached hydrogens (tertiary/aromatic N) is 4. The van der Waals surface area contributed by atoms with E-state index in [1.54, 1.807) is 30.9 Å². The number of fused-ring (bicyclic) bond motifs is 2. The lowest BCUT2D eigenvalue weighted by molar-refractivity contribution is -0.144. The first-order valence-corrected chi connectivity index (χ1v) is 10.7. The summed E-state index contributed by atoms with van der Waals surface area (Å²) in [6.45, 7) is 0. The standard InChI is InChI=1S/C24H18F2N6O2/c25-24(26)9-19(10-24)34-23(33)32-12-15-2-1-14(7-17(15)13-32)22-27-6-5-21(30-22)29-18-3-4-20-16(8-18)11-28-31-20/h1-8,11-13,19H,9-10H2,(H,28,31)(H,27,29,30). The lowest BCUT2D eigenvalue weighted by Crippen LogP contribution is -2.42. The fraction of sp³-hybridized carbons (Fsp3) is 0.167. The van der Waals surface area contributed by atoms with E-state index in [9.17, 15) is 13.6 Å². The molecule has 0 aliphatic heterocycles. The molecule has 5 aromatic rings. The Labute approximate surface area is 191 Å². The largest absolute Gasteiger partial charge is 0.445 e. The maximum absolute atomic E-state index is 13.0. The first kappa shape index (κ1) is 20.3. The molecule has 1 aliphatic carbocycles. The minimum absolute atomic E-state index is 0.429. The van der Waals surface area contributed by atoms with Gasteiger partial charge in [-0.2, -0.15) is 5.10 Å². The predicted molar refractivity (Wildman–Crippen MR) is 122 cm³/mol. The van der Waals surface area contributed by atoms with E-state index in [1.165, 1.54) is 4.57 Å². The van der Waals surface area contributed by atoms with Gasteiger partial charge in [-0.3, -0.25) is 9.67 Å². The Morgan fingerprint density at radius 2 is 1.94 bits per heavy atom. The Morgan fingerprint density at radius 1 is 1.09 bits per heavy atom. The van der Waals surface area contributed by atoms with Gasteiger partial charge in [-0.05, 0) is 30.3 Å². The molecule has 3 aromatic heterocycles. The minimum atomic E-state index is -2.74. The Balaban J connectivity index is 1.22. The van der Waals surface area contributed by atoms with Crippen LogP contribution in [0, 0.1) is 0 Å². The molecule has 0 atom stereocenters. The van der Waals surface area contributed by atoms with Crippen molar-refractivity contribution in [2.24, 2.45) is 0 Å². The molecule has 0 unspecified atom stereocenters. The fourth-order valence-electron chi connectivity index (χ4n) is 4.01. The maximum atomic E-state index is 13.0. The minimum Gasteiger partial charge on any atom is -0.445 e. The van der Waals surface area contributed by atoms with Crippen LogP contribution in [0.4, 0.5) is 25.1 Å². The van der Waals surface area contributed by atoms with Gasteiger partial charge in [-0.1, -0.05) is 12.1 Å². The number of benzene rings is 2. The second-order valence-electron chi connectivity index (χ2n) is 8.34. The molecule has 0 saturated heterocycles. The average Bonchev–Trinajstić information content (AvgIpc) is 3.44. The van der Waals surface area contributed by atoms with Crippen molar-refractivity contribution < 1.29 is 18.3 Å². The van der Waals surface area contributed by atoms with Gasteiger partial charge in [0.05, 0.1) is 11.7 Å². The van der Waals surface area contributed by atoms with Gasteiger partial charge in [0.2, 0.25) is 0 Å². The third-order valence-corrected chi connectivity index (χ3v) is 5.80. The van der Waals surface area contributed by atoms with Crippen molar-refractivity contribution in [1.29, 1.82) is 0 Å². The summed E-state index contributed by atoms with van der Waals surface area (Å²) in [7, 11) is 0. The number of halogens is 2. The second kappa shape index (κ2) is 7.62. The van der Waals surface area contributed by atoms with Crippen LogP contribution in [0.5, 0.6) is 0 Å². The number of carbonyl (C=O) groups is 1. The lowest BCUT2D eigenvalue weighted by atomic mass is 9.91. The van der Waals surface area contributed by atoms with Crippen molar-refractivity contribution in [2.75, 3.05) is 5.32 Å². The fourth-order valence-corrected chi connectivity index (χ4v) is 4.01. The molecule has 34 heavy (non-hydrogen) atoms. The van der Waals surface area contributed by atoms with Crippen LogP contribution in [0.3, 0.4) is 0 Å². The van der Waals surface area contributed by atoms with Crippen molar-refractivity contribution in [3.05, 3.63) is 67.3 Å². The summed E-state index contributed by atoms with van der Waals surface area (Å²) in [5.41, 5.74) is 2.59. The summed E-state index contributed by atoms with van der Waals surface area (Å²) in [6, 6.07) is 13.2. The van der Waals surface area contributed by atoms with Gasteiger partial charge >= 0.3 is 6.09 Å². The highest BCUT2D eigenvalue weighted by Crippen LogP contribution is 2.39. The van der Waals surface area contributed by atoms with E-state index < -0.39 is 31.0 Å². The molecule has 1 saturated carbocycles. The topological polar surface area (TPSA) is 97.7 Å². The van der Waals surface area contributed by atoms with E-state index in [2.05, 4.69) is 25.5 Å². The van der Waals surface area contributed by atoms with E-state index in [-0.39, 0.29) is 0 Å². The maximum Gasteiger partial charge on any atom is 0.418 e. The number of alkyl halides is 2. The molecule has 0 amide bonds. The first-order chi connectivity index (χ1) is 16.4. The van der Waals surface area contributed by atoms with E-state index in [0.29, 0.717) is 11.6 Å². The van der Waals surface area contributed by atoms with Gasteiger partial charge in [-0.15, -0.1) is 0 Å². The molecular formula is C24H18F2N6O2. The molecule has 0 radical (unpaired) electrons. The van der Waals surface area contributed by atoms with E-state index in [1.807, 2.05) is 36.4 Å². The van der Waals surface area contributed by atoms with Gasteiger partial charge in [0.25, 0.3) is 5.92 Å². The van der Waals surface area contributed by atoms with Crippen molar-refractivity contribution >= 4 is 39.3 Å². The molecule has 6 rings (SSSR count). The first-order valence-electron chi connectivity index (χ1n) is 10.7. The number of carbonyl (C=O) groups excluding carboxylic acids is 1. The van der Waals surface area contributed by atoms with Crippen molar-refractivity contribution in [3.63, 3.8) is 0 Å². The highest BCUT2D eigenvalue weighted by molar-refractivity contribution is 5.90. The predicted octanol–water partition coefficient (Wildman–Crippen LogP) is 5.50. The van der Waals surface area contributed by atoms with Crippen LogP contribution in [0.15, 0.2) is 67.3 Å². The highest BCUT2D eigenvalue weighted by Gasteiger charge is 2.47. The van der Waals surface area contributed by atoms with Crippen LogP contribution in [-0.2, 0) is 4.74 Å². The normalized spacial score (nSPS) is 15.4. The van der Waals surface area contributed by atoms with Gasteiger partial charge in [0.1, 0.15) is 11.9 Å². The van der Waals surface area contributed by atoms with Gasteiger partial charge in [0.15, 0.2) is 5.82 Å². The number of aromatic nitrogens is 5. The zero-order valence-electron chi connectivity index (χ0n) is 17.7. The molecule has 0 spiro atoms. The van der Waals surface area contributed by atoms with Crippen molar-refractivity contribution in [1.82, 2.24) is 24.7 Å². The summed E-state index contributed by atoms with van der Waals surface area (Å²) < 4.78 is 32.4. The number of nitrogens with one attached hydrogen (secondary N) is 2. The third kappa shape index (κ3) is 3.83. The van der Waals surface area contributed by atoms with Crippen molar-refractivity contribution in [3.8, 4) is 11.4 Å². The average molecular weight is 460 g/mol. The van der Waals surface area contributed by atoms with Gasteiger partial charge in [-0.25, -0.2) is 23.5 Å². The van der Waals surface area contributed by atoms with Crippen LogP contribution >= 0.6 is 0 Å². The lowest BCUT2D eigenvalue weighted by Gasteiger charge is -2.33. The highest BCUT2D eigenvalue weighted by atomic mass is 19.3. The Kier molecular flexibility index (Phi) is 4.54. The van der Waals surface area contributed by atoms with Gasteiger partial charge < -0.3 is 10.1 Å². The van der Waals surface area contributed by atoms with E-state index in [4.69, 9.17) is 4.74 Å². The molecule has 10 heteroatoms. The van der Waals surface area contributed by atoms with Crippen LogP contribution in [0.25, 0.3) is 33.1 Å². The molecule has 8 nitrogen and oxygen atoms in total. The monoisotopic (exact) mass is 460 g/mol. The SMILES string of the molecule is O=C(OC1CC(F)(F)C1)n1cc2ccc(-c3nccc(Nc4ccc5[nH]ncc5c4)n3)cc2c1. The summed E-state index contributed by atoms with van der Waals surface area (Å²) in [6.07, 6.45) is 4.37. The quantitative estimate of drug-likeness (QED) is 0.368. The smallest absolute Gasteiger partial charge is 0.418 e. The molecule has 170 valence electrons. The number of ether oxygens (including phenoxy) is 1. The third-order valence-electron chi connectivity index (χ3n) is 5.80. The van der Waals surface area contributed by atoms with Crippen LogP contribution in [-0.4, -0.2) is 42.9 Å². The number of rotatable bonds is 4. The Morgan fingerprint density at radius 3 is 2.79 bits per heavy atom. The molecule has 1 fully saturated rings. The van der Waals surface area contributed by atoms with Crippen LogP contribution < -0.4 is 5.32 Å². The van der Waals surface area contributed by atoms with Crippen molar-refractivity contribution in [2.45, 2.75) is 24.9 Å². The Hall–Kier alpha value is -4.34. The van der Waals surface area contributed by atoms with Crippen LogP contribution in [0.2, 0.25) is 0 Å². The number of aromatic amines is 1. The molecule has 2 aromatic carbocycles. The molecule has 0 bridgehead atoms. The summed E-state index contributed by atoms with van der Waals surface area (Å²) in [5, 5.41) is 12.8. The van der Waals surface area contributed by atoms with Crippen LogP contribution in [0.1, 0.15) is 12.8 Å². The number of hydrogen-bond donors (Lipinski definition) is 2. The zero-order chi connectivity index (χ0) is 23.3. The molecule has 1 aliphatic rings. The second-order valence-corrected chi connectivity index (χ2v) is 8.34. The van der Waals surface area contributed by atoms with Gasteiger partial charge in [0, 0.05) is 58.8 Å². The van der Waals surface area contributed by atoms with E-state index in [0.717, 1.165) is 32.9 Å². The molecule has 2 N–H and O–H groups in total. The Bertz CT molecular complexity index is 1540. The molecule has 3 heterocycles. The summed E-state index contributed by atoms with van der Waals surface area (Å²) in [5.74, 6) is -1.59. The number of anilines is 2. The van der Waals surface area contributed by atoms with E-state index >= 15 is 0 Å². The number of H-pyrrole nitrogens is 1. The summed E-state index contributed by atoms with van der Waals surface area (Å²) >= 11 is 0. The summed E-state index contributed by atoms with van der Waals surface area (Å²) in [4.78, 5) is 21.3. The zero-order valence-corrected chi connectivity index (χ0v) is 17.7.